The van der Waals surface area contributed by atoms with Gasteiger partial charge in [0.05, 0.1) is 0 Å². The number of likely N-dealkylation sites (N-methyl/N-ethyl adjacent to an activating group) is 1. The van der Waals surface area contributed by atoms with Crippen LogP contribution in [0, 0.1) is 5.92 Å². The molecule has 1 unspecified atom stereocenters. The van der Waals surface area contributed by atoms with Crippen LogP contribution in [0.5, 0.6) is 0 Å². The first-order chi connectivity index (χ1) is 12.7. The van der Waals surface area contributed by atoms with E-state index in [9.17, 15) is 4.79 Å². The molecule has 2 heterocycles. The third kappa shape index (κ3) is 6.29. The van der Waals surface area contributed by atoms with Crippen LogP contribution < -0.4 is 0 Å². The van der Waals surface area contributed by atoms with Crippen molar-refractivity contribution in [2.45, 2.75) is 25.0 Å². The fourth-order valence-corrected chi connectivity index (χ4v) is 4.81. The Kier molecular flexibility index (Phi) is 7.84. The smallest absolute Gasteiger partial charge is 0.223 e. The maximum Gasteiger partial charge on any atom is 0.223 e. The number of benzene rings is 1. The quantitative estimate of drug-likeness (QED) is 0.685. The van der Waals surface area contributed by atoms with Crippen LogP contribution in [0.15, 0.2) is 30.3 Å². The van der Waals surface area contributed by atoms with E-state index in [1.807, 2.05) is 17.8 Å². The van der Waals surface area contributed by atoms with Gasteiger partial charge in [-0.15, -0.1) is 0 Å². The molecular formula is C21H33N3OS. The minimum atomic E-state index is 0.355. The van der Waals surface area contributed by atoms with Gasteiger partial charge in [-0.2, -0.15) is 11.8 Å². The van der Waals surface area contributed by atoms with Crippen LogP contribution in [0.2, 0.25) is 0 Å². The molecule has 0 N–H and O–H groups in total. The summed E-state index contributed by atoms with van der Waals surface area (Å²) in [5, 5.41) is 0. The number of hydrogen-bond donors (Lipinski definition) is 0. The molecule has 0 bridgehead atoms. The predicted octanol–water partition coefficient (Wildman–Crippen LogP) is 2.80. The van der Waals surface area contributed by atoms with Gasteiger partial charge in [-0.1, -0.05) is 30.3 Å². The van der Waals surface area contributed by atoms with Crippen molar-refractivity contribution in [3.8, 4) is 0 Å². The van der Waals surface area contributed by atoms with Crippen molar-refractivity contribution in [2.75, 3.05) is 58.6 Å². The Morgan fingerprint density at radius 3 is 2.65 bits per heavy atom. The number of nitrogens with zero attached hydrogens (tertiary/aromatic N) is 3. The number of amides is 1. The van der Waals surface area contributed by atoms with Gasteiger partial charge in [0.1, 0.15) is 0 Å². The van der Waals surface area contributed by atoms with E-state index in [-0.39, 0.29) is 0 Å². The molecule has 0 aromatic heterocycles. The molecule has 2 saturated heterocycles. The topological polar surface area (TPSA) is 26.8 Å². The second kappa shape index (κ2) is 10.3. The van der Waals surface area contributed by atoms with E-state index < -0.39 is 0 Å². The zero-order valence-corrected chi connectivity index (χ0v) is 16.9. The van der Waals surface area contributed by atoms with Crippen molar-refractivity contribution in [3.63, 3.8) is 0 Å². The Bertz CT molecular complexity index is 545. The van der Waals surface area contributed by atoms with Crippen LogP contribution in [0.1, 0.15) is 24.8 Å². The Morgan fingerprint density at radius 2 is 1.88 bits per heavy atom. The molecule has 1 aromatic carbocycles. The van der Waals surface area contributed by atoms with E-state index in [1.54, 1.807) is 0 Å². The summed E-state index contributed by atoms with van der Waals surface area (Å²) >= 11 is 1.87. The summed E-state index contributed by atoms with van der Waals surface area (Å²) in [6, 6.07) is 10.5. The van der Waals surface area contributed by atoms with Gasteiger partial charge in [-0.05, 0) is 31.4 Å². The summed E-state index contributed by atoms with van der Waals surface area (Å²) in [5.74, 6) is 2.94. The van der Waals surface area contributed by atoms with Gasteiger partial charge < -0.3 is 14.7 Å². The third-order valence-corrected chi connectivity index (χ3v) is 6.59. The van der Waals surface area contributed by atoms with Crippen LogP contribution in [0.4, 0.5) is 0 Å². The van der Waals surface area contributed by atoms with Gasteiger partial charge >= 0.3 is 0 Å². The highest BCUT2D eigenvalue weighted by Gasteiger charge is 2.25. The summed E-state index contributed by atoms with van der Waals surface area (Å²) in [6.45, 7) is 7.80. The molecule has 2 aliphatic heterocycles. The van der Waals surface area contributed by atoms with E-state index in [0.29, 0.717) is 18.2 Å². The van der Waals surface area contributed by atoms with Gasteiger partial charge in [-0.25, -0.2) is 0 Å². The Hall–Kier alpha value is -1.04. The normalized spacial score (nSPS) is 22.5. The highest BCUT2D eigenvalue weighted by atomic mass is 32.2. The lowest BCUT2D eigenvalue weighted by atomic mass is 9.97. The number of piperazine rings is 1. The zero-order chi connectivity index (χ0) is 18.2. The van der Waals surface area contributed by atoms with Crippen LogP contribution in [-0.4, -0.2) is 79.2 Å². The molecule has 0 radical (unpaired) electrons. The monoisotopic (exact) mass is 375 g/mol. The first kappa shape index (κ1) is 19.7. The molecule has 0 saturated carbocycles. The van der Waals surface area contributed by atoms with E-state index >= 15 is 0 Å². The summed E-state index contributed by atoms with van der Waals surface area (Å²) in [5.41, 5.74) is 1.34. The average molecular weight is 376 g/mol. The zero-order valence-electron chi connectivity index (χ0n) is 16.1. The number of carbonyl (C=O) groups excluding carboxylic acids is 1. The summed E-state index contributed by atoms with van der Waals surface area (Å²) in [4.78, 5) is 19.7. The number of likely N-dealkylation sites (tertiary alicyclic amines) is 1. The third-order valence-electron chi connectivity index (χ3n) is 5.56. The first-order valence-corrected chi connectivity index (χ1v) is 11.2. The van der Waals surface area contributed by atoms with Crippen molar-refractivity contribution < 1.29 is 4.79 Å². The van der Waals surface area contributed by atoms with Crippen LogP contribution in [0.25, 0.3) is 0 Å². The van der Waals surface area contributed by atoms with Gasteiger partial charge in [0.2, 0.25) is 5.91 Å². The van der Waals surface area contributed by atoms with Gasteiger partial charge in [-0.3, -0.25) is 4.79 Å². The standard InChI is InChI=1S/C21H33N3OS/c1-22-11-13-23(14-12-22)16-20-8-5-10-24(17-20)21(25)9-15-26-18-19-6-3-2-4-7-19/h2-4,6-7,20H,5,8-18H2,1H3. The molecule has 1 atom stereocenters. The van der Waals surface area contributed by atoms with Gasteiger partial charge in [0.15, 0.2) is 0 Å². The van der Waals surface area contributed by atoms with Crippen molar-refractivity contribution in [3.05, 3.63) is 35.9 Å². The fourth-order valence-electron chi connectivity index (χ4n) is 3.92. The molecule has 2 aliphatic rings. The highest BCUT2D eigenvalue weighted by Crippen LogP contribution is 2.20. The van der Waals surface area contributed by atoms with Crippen molar-refractivity contribution in [1.29, 1.82) is 0 Å². The van der Waals surface area contributed by atoms with Crippen LogP contribution in [-0.2, 0) is 10.5 Å². The average Bonchev–Trinajstić information content (AvgIpc) is 2.68. The second-order valence-electron chi connectivity index (χ2n) is 7.74. The number of hydrogen-bond acceptors (Lipinski definition) is 4. The molecule has 144 valence electrons. The Balaban J connectivity index is 1.34. The maximum atomic E-state index is 12.6. The molecule has 1 aromatic rings. The first-order valence-electron chi connectivity index (χ1n) is 10.0. The van der Waals surface area contributed by atoms with Crippen LogP contribution >= 0.6 is 11.8 Å². The lowest BCUT2D eigenvalue weighted by Crippen LogP contribution is -2.49. The Morgan fingerprint density at radius 1 is 1.12 bits per heavy atom. The number of thioether (sulfide) groups is 1. The van der Waals surface area contributed by atoms with Crippen molar-refractivity contribution in [2.24, 2.45) is 5.92 Å². The molecule has 1 amide bonds. The highest BCUT2D eigenvalue weighted by molar-refractivity contribution is 7.98. The molecule has 2 fully saturated rings. The Labute approximate surface area is 162 Å². The summed E-state index contributed by atoms with van der Waals surface area (Å²) in [7, 11) is 2.20. The van der Waals surface area contributed by atoms with E-state index in [1.165, 1.54) is 51.1 Å². The van der Waals surface area contributed by atoms with Gasteiger partial charge in [0.25, 0.3) is 0 Å². The van der Waals surface area contributed by atoms with Gasteiger partial charge in [0, 0.05) is 63.7 Å². The number of rotatable bonds is 7. The molecule has 26 heavy (non-hydrogen) atoms. The molecule has 4 nitrogen and oxygen atoms in total. The predicted molar refractivity (Wildman–Crippen MR) is 110 cm³/mol. The molecular weight excluding hydrogens is 342 g/mol. The lowest BCUT2D eigenvalue weighted by molar-refractivity contribution is -0.132. The summed E-state index contributed by atoms with van der Waals surface area (Å²) < 4.78 is 0. The fraction of sp³-hybridized carbons (Fsp3) is 0.667. The molecule has 0 spiro atoms. The molecule has 5 heteroatoms. The van der Waals surface area contributed by atoms with Crippen LogP contribution in [0.3, 0.4) is 0 Å². The minimum Gasteiger partial charge on any atom is -0.342 e. The van der Waals surface area contributed by atoms with E-state index in [4.69, 9.17) is 0 Å². The SMILES string of the molecule is CN1CCN(CC2CCCN(C(=O)CCSCc3ccccc3)C2)CC1. The second-order valence-corrected chi connectivity index (χ2v) is 8.85. The minimum absolute atomic E-state index is 0.355. The number of carbonyl (C=O) groups is 1. The molecule has 0 aliphatic carbocycles. The summed E-state index contributed by atoms with van der Waals surface area (Å²) in [6.07, 6.45) is 3.12. The molecule has 3 rings (SSSR count). The maximum absolute atomic E-state index is 12.6. The largest absolute Gasteiger partial charge is 0.342 e. The van der Waals surface area contributed by atoms with E-state index in [0.717, 1.165) is 24.6 Å². The van der Waals surface area contributed by atoms with E-state index in [2.05, 4.69) is 46.0 Å². The number of piperidine rings is 1. The lowest BCUT2D eigenvalue weighted by Gasteiger charge is -2.38. The van der Waals surface area contributed by atoms with Crippen molar-refractivity contribution in [1.82, 2.24) is 14.7 Å². The van der Waals surface area contributed by atoms with Crippen molar-refractivity contribution >= 4 is 17.7 Å².